The second kappa shape index (κ2) is 7.15. The lowest BCUT2D eigenvalue weighted by molar-refractivity contribution is -0.734. The van der Waals surface area contributed by atoms with Gasteiger partial charge in [0, 0.05) is 25.2 Å². The summed E-state index contributed by atoms with van der Waals surface area (Å²) in [5.74, 6) is 0. The minimum Gasteiger partial charge on any atom is -0.245 e. The number of aromatic nitrogens is 2. The molecule has 1 atom stereocenters. The van der Waals surface area contributed by atoms with Gasteiger partial charge in [0.05, 0.1) is 0 Å². The van der Waals surface area contributed by atoms with E-state index in [9.17, 15) is 4.79 Å². The largest absolute Gasteiger partial charge is 0.439 e. The molecule has 1 amide bonds. The molecule has 1 unspecified atom stereocenters. The Morgan fingerprint density at radius 1 is 1.24 bits per heavy atom. The molecule has 5 heteroatoms. The number of nitrogens with zero attached hydrogens (tertiary/aromatic N) is 4. The van der Waals surface area contributed by atoms with Crippen molar-refractivity contribution in [3.05, 3.63) is 66.0 Å². The molecule has 0 fully saturated rings. The molecule has 1 aromatic heterocycles. The first-order valence-corrected chi connectivity index (χ1v) is 8.82. The molecule has 25 heavy (non-hydrogen) atoms. The van der Waals surface area contributed by atoms with E-state index in [1.165, 1.54) is 5.56 Å². The van der Waals surface area contributed by atoms with Crippen LogP contribution in [0.5, 0.6) is 0 Å². The van der Waals surface area contributed by atoms with E-state index >= 15 is 0 Å². The van der Waals surface area contributed by atoms with Crippen molar-refractivity contribution in [2.45, 2.75) is 46.1 Å². The van der Waals surface area contributed by atoms with Crippen LogP contribution in [0.25, 0.3) is 0 Å². The predicted octanol–water partition coefficient (Wildman–Crippen LogP) is 4.37. The molecule has 1 aliphatic rings. The first-order valence-electron chi connectivity index (χ1n) is 8.82. The summed E-state index contributed by atoms with van der Waals surface area (Å²) in [5, 5.41) is 0. The number of hydrogen-bond acceptors (Lipinski definition) is 3. The summed E-state index contributed by atoms with van der Waals surface area (Å²) in [4.78, 5) is 22.1. The Hall–Kier alpha value is -2.53. The maximum Gasteiger partial charge on any atom is 0.439 e. The second-order valence-electron chi connectivity index (χ2n) is 6.67. The Morgan fingerprint density at radius 2 is 2.00 bits per heavy atom. The van der Waals surface area contributed by atoms with Gasteiger partial charge in [-0.05, 0) is 25.8 Å². The third kappa shape index (κ3) is 3.07. The number of hydrogen-bond donors (Lipinski definition) is 0. The average Bonchev–Trinajstić information content (AvgIpc) is 3.25. The number of carbonyl (C=O) groups is 1. The number of rotatable bonds is 5. The fraction of sp³-hybridized carbons (Fsp3) is 0.350. The fourth-order valence-corrected chi connectivity index (χ4v) is 3.42. The average molecular weight is 337 g/mol. The molecule has 3 rings (SSSR count). The zero-order valence-electron chi connectivity index (χ0n) is 15.1. The third-order valence-corrected chi connectivity index (χ3v) is 4.73. The Morgan fingerprint density at radius 3 is 2.60 bits per heavy atom. The van der Waals surface area contributed by atoms with Gasteiger partial charge in [0.1, 0.15) is 23.8 Å². The van der Waals surface area contributed by atoms with Crippen LogP contribution in [0.3, 0.4) is 0 Å². The van der Waals surface area contributed by atoms with Crippen LogP contribution >= 0.6 is 0 Å². The van der Waals surface area contributed by atoms with E-state index in [0.717, 1.165) is 30.7 Å². The van der Waals surface area contributed by atoms with Gasteiger partial charge in [0.15, 0.2) is 0 Å². The smallest absolute Gasteiger partial charge is 0.245 e. The molecule has 2 heterocycles. The maximum absolute atomic E-state index is 13.3. The summed E-state index contributed by atoms with van der Waals surface area (Å²) < 4.78 is 1.71. The lowest BCUT2D eigenvalue weighted by Gasteiger charge is -2.33. The number of carbonyl (C=O) groups excluding carboxylic acids is 1. The van der Waals surface area contributed by atoms with Gasteiger partial charge in [0.25, 0.3) is 0 Å². The Labute approximate surface area is 148 Å². The van der Waals surface area contributed by atoms with E-state index in [0.29, 0.717) is 0 Å². The highest BCUT2D eigenvalue weighted by atomic mass is 16.2. The summed E-state index contributed by atoms with van der Waals surface area (Å²) in [7, 11) is 0. The van der Waals surface area contributed by atoms with Crippen LogP contribution in [0.4, 0.5) is 4.79 Å². The first kappa shape index (κ1) is 17.3. The van der Waals surface area contributed by atoms with Gasteiger partial charge in [-0.15, -0.1) is 0 Å². The van der Waals surface area contributed by atoms with Crippen LogP contribution in [-0.2, 0) is 6.42 Å². The fourth-order valence-electron chi connectivity index (χ4n) is 3.42. The van der Waals surface area contributed by atoms with Gasteiger partial charge in [-0.1, -0.05) is 37.3 Å². The molecular weight excluding hydrogens is 312 g/mol. The first-order chi connectivity index (χ1) is 12.1. The molecule has 1 aliphatic heterocycles. The van der Waals surface area contributed by atoms with Crippen molar-refractivity contribution in [3.63, 3.8) is 0 Å². The molecule has 2 aromatic rings. The van der Waals surface area contributed by atoms with Gasteiger partial charge in [-0.2, -0.15) is 4.48 Å². The summed E-state index contributed by atoms with van der Waals surface area (Å²) in [6.07, 6.45) is 9.29. The molecule has 0 saturated carbocycles. The SMILES string of the molecule is CCCC1=C(Cc2ccccc2)N=C[N+]1(C(=O)n1ccnc1)C(C)C. The number of imidazole rings is 1. The van der Waals surface area contributed by atoms with Crippen molar-refractivity contribution in [1.82, 2.24) is 9.55 Å². The van der Waals surface area contributed by atoms with E-state index in [-0.39, 0.29) is 16.6 Å². The zero-order valence-corrected chi connectivity index (χ0v) is 15.1. The highest BCUT2D eigenvalue weighted by molar-refractivity contribution is 5.81. The molecule has 5 nitrogen and oxygen atoms in total. The monoisotopic (exact) mass is 337 g/mol. The molecule has 0 N–H and O–H groups in total. The lowest BCUT2D eigenvalue weighted by Crippen LogP contribution is -2.55. The maximum atomic E-state index is 13.3. The molecule has 130 valence electrons. The van der Waals surface area contributed by atoms with E-state index < -0.39 is 0 Å². The van der Waals surface area contributed by atoms with E-state index in [1.54, 1.807) is 23.3 Å². The highest BCUT2D eigenvalue weighted by Gasteiger charge is 2.48. The van der Waals surface area contributed by atoms with Crippen molar-refractivity contribution < 1.29 is 9.28 Å². The second-order valence-corrected chi connectivity index (χ2v) is 6.67. The lowest BCUT2D eigenvalue weighted by atomic mass is 10.0. The minimum absolute atomic E-state index is 0.0252. The summed E-state index contributed by atoms with van der Waals surface area (Å²) >= 11 is 0. The molecular formula is C20H25N4O+. The standard InChI is InChI=1S/C20H25N4O/c1-4-8-19-18(13-17-9-6-5-7-10-17)22-15-24(19,16(2)3)20(25)23-12-11-21-14-23/h5-7,9-12,14-16H,4,8,13H2,1-3H3/q+1. The highest BCUT2D eigenvalue weighted by Crippen LogP contribution is 2.35. The van der Waals surface area contributed by atoms with Gasteiger partial charge in [-0.3, -0.25) is 0 Å². The number of benzene rings is 1. The topological polar surface area (TPSA) is 47.2 Å². The van der Waals surface area contributed by atoms with Crippen molar-refractivity contribution >= 4 is 12.4 Å². The predicted molar refractivity (Wildman–Crippen MR) is 99.0 cm³/mol. The van der Waals surface area contributed by atoms with Crippen LogP contribution in [-0.4, -0.2) is 32.4 Å². The molecule has 0 aliphatic carbocycles. The Kier molecular flexibility index (Phi) is 4.95. The Bertz CT molecular complexity index is 790. The van der Waals surface area contributed by atoms with Gasteiger partial charge >= 0.3 is 6.03 Å². The van der Waals surface area contributed by atoms with Crippen molar-refractivity contribution in [2.24, 2.45) is 4.99 Å². The van der Waals surface area contributed by atoms with Crippen LogP contribution in [0, 0.1) is 0 Å². The zero-order chi connectivity index (χ0) is 17.9. The van der Waals surface area contributed by atoms with Gasteiger partial charge in [0.2, 0.25) is 6.34 Å². The quantitative estimate of drug-likeness (QED) is 0.761. The summed E-state index contributed by atoms with van der Waals surface area (Å²) in [5.41, 5.74) is 3.32. The Balaban J connectivity index is 2.06. The number of amides is 1. The van der Waals surface area contributed by atoms with E-state index in [2.05, 4.69) is 37.9 Å². The minimum atomic E-state index is -0.0252. The summed E-state index contributed by atoms with van der Waals surface area (Å²) in [6, 6.07) is 10.3. The van der Waals surface area contributed by atoms with Crippen LogP contribution < -0.4 is 0 Å². The number of allylic oxidation sites excluding steroid dienone is 2. The van der Waals surface area contributed by atoms with Gasteiger partial charge in [-0.25, -0.2) is 19.3 Å². The molecule has 0 spiro atoms. The molecule has 0 radical (unpaired) electrons. The van der Waals surface area contributed by atoms with Crippen LogP contribution in [0.1, 0.15) is 39.2 Å². The van der Waals surface area contributed by atoms with Crippen molar-refractivity contribution in [2.75, 3.05) is 0 Å². The number of aliphatic imine (C=N–C) groups is 1. The van der Waals surface area contributed by atoms with Gasteiger partial charge < -0.3 is 0 Å². The van der Waals surface area contributed by atoms with E-state index in [4.69, 9.17) is 4.99 Å². The summed E-state index contributed by atoms with van der Waals surface area (Å²) in [6.45, 7) is 6.28. The molecule has 0 saturated heterocycles. The van der Waals surface area contributed by atoms with Crippen LogP contribution in [0.2, 0.25) is 0 Å². The third-order valence-electron chi connectivity index (χ3n) is 4.73. The van der Waals surface area contributed by atoms with E-state index in [1.807, 2.05) is 24.5 Å². The number of quaternary nitrogens is 1. The van der Waals surface area contributed by atoms with Crippen LogP contribution in [0.15, 0.2) is 65.4 Å². The van der Waals surface area contributed by atoms with Crippen molar-refractivity contribution in [1.29, 1.82) is 0 Å². The normalized spacial score (nSPS) is 19.8. The van der Waals surface area contributed by atoms with Crippen molar-refractivity contribution in [3.8, 4) is 0 Å². The molecule has 0 bridgehead atoms. The molecule has 1 aromatic carbocycles.